The summed E-state index contributed by atoms with van der Waals surface area (Å²) in [4.78, 5) is 29.7. The predicted molar refractivity (Wildman–Crippen MR) is 155 cm³/mol. The molecule has 0 heterocycles. The van der Waals surface area contributed by atoms with E-state index in [9.17, 15) is 29.3 Å². The zero-order chi connectivity index (χ0) is 30.1. The number of rotatable bonds is 14. The summed E-state index contributed by atoms with van der Waals surface area (Å²) in [6.07, 6.45) is 1.02. The van der Waals surface area contributed by atoms with Gasteiger partial charge in [0.1, 0.15) is 11.9 Å². The molecule has 0 spiro atoms. The number of aliphatic hydroxyl groups excluding tert-OH is 2. The Kier molecular flexibility index (Phi) is 11.2. The van der Waals surface area contributed by atoms with Gasteiger partial charge in [0.05, 0.1) is 24.7 Å². The van der Waals surface area contributed by atoms with E-state index in [1.165, 1.54) is 12.1 Å². The van der Waals surface area contributed by atoms with E-state index in [2.05, 4.69) is 15.2 Å². The van der Waals surface area contributed by atoms with Crippen LogP contribution in [0.3, 0.4) is 0 Å². The van der Waals surface area contributed by atoms with Crippen LogP contribution in [0.4, 0.5) is 4.39 Å². The number of carbonyl (C=O) groups excluding carboxylic acids is 1. The number of nitrogens with one attached hydrogen (secondary N) is 1. The Morgan fingerprint density at radius 1 is 1.12 bits per heavy atom. The SMILES string of the molecule is CN(C)C1C(C=C[C@H](O)C[C@H](O)CC(=O)NC(CCCN=C(N)N)C(=O)O)=C(c2ccc(F)cc2)c2ccccc21. The molecule has 11 heteroatoms. The van der Waals surface area contributed by atoms with Gasteiger partial charge < -0.3 is 32.1 Å². The number of carboxylic acids is 1. The molecule has 0 radical (unpaired) electrons. The molecule has 0 saturated carbocycles. The number of aliphatic carboxylic acids is 1. The molecular formula is C30H38FN5O5. The van der Waals surface area contributed by atoms with Crippen LogP contribution in [0.5, 0.6) is 0 Å². The Morgan fingerprint density at radius 2 is 1.80 bits per heavy atom. The maximum Gasteiger partial charge on any atom is 0.326 e. The summed E-state index contributed by atoms with van der Waals surface area (Å²) in [5.74, 6) is -2.30. The first-order chi connectivity index (χ1) is 19.5. The van der Waals surface area contributed by atoms with Crippen molar-refractivity contribution in [1.29, 1.82) is 0 Å². The minimum absolute atomic E-state index is 0.102. The van der Waals surface area contributed by atoms with E-state index in [0.29, 0.717) is 6.42 Å². The quantitative estimate of drug-likeness (QED) is 0.114. The summed E-state index contributed by atoms with van der Waals surface area (Å²) >= 11 is 0. The van der Waals surface area contributed by atoms with E-state index in [0.717, 1.165) is 27.8 Å². The number of carbonyl (C=O) groups is 2. The lowest BCUT2D eigenvalue weighted by molar-refractivity contribution is -0.142. The van der Waals surface area contributed by atoms with Gasteiger partial charge in [-0.25, -0.2) is 9.18 Å². The minimum Gasteiger partial charge on any atom is -0.480 e. The summed E-state index contributed by atoms with van der Waals surface area (Å²) in [5.41, 5.74) is 15.2. The zero-order valence-corrected chi connectivity index (χ0v) is 23.2. The van der Waals surface area contributed by atoms with Gasteiger partial charge in [0, 0.05) is 13.0 Å². The predicted octanol–water partition coefficient (Wildman–Crippen LogP) is 1.93. The van der Waals surface area contributed by atoms with E-state index in [1.807, 2.05) is 38.4 Å². The van der Waals surface area contributed by atoms with Crippen LogP contribution in [0.15, 0.2) is 71.2 Å². The van der Waals surface area contributed by atoms with Crippen molar-refractivity contribution in [1.82, 2.24) is 10.2 Å². The lowest BCUT2D eigenvalue weighted by Gasteiger charge is -2.23. The third-order valence-electron chi connectivity index (χ3n) is 6.77. The number of amides is 1. The first kappa shape index (κ1) is 31.5. The van der Waals surface area contributed by atoms with Gasteiger partial charge in [-0.05, 0) is 66.9 Å². The van der Waals surface area contributed by atoms with Gasteiger partial charge in [-0.3, -0.25) is 14.7 Å². The Balaban J connectivity index is 1.70. The van der Waals surface area contributed by atoms with Crippen molar-refractivity contribution in [2.75, 3.05) is 20.6 Å². The smallest absolute Gasteiger partial charge is 0.326 e. The van der Waals surface area contributed by atoms with Gasteiger partial charge in [-0.15, -0.1) is 0 Å². The fraction of sp³-hybridized carbons (Fsp3) is 0.367. The van der Waals surface area contributed by atoms with Crippen LogP contribution < -0.4 is 16.8 Å². The molecule has 10 nitrogen and oxygen atoms in total. The van der Waals surface area contributed by atoms with Crippen LogP contribution in [0.25, 0.3) is 5.57 Å². The Hall–Kier alpha value is -4.06. The molecule has 1 aliphatic carbocycles. The van der Waals surface area contributed by atoms with E-state index >= 15 is 0 Å². The molecule has 0 aromatic heterocycles. The molecule has 41 heavy (non-hydrogen) atoms. The molecule has 2 unspecified atom stereocenters. The van der Waals surface area contributed by atoms with E-state index in [-0.39, 0.29) is 43.6 Å². The van der Waals surface area contributed by atoms with Crippen LogP contribution in [-0.4, -0.2) is 76.9 Å². The van der Waals surface area contributed by atoms with Crippen molar-refractivity contribution in [2.45, 2.75) is 50.0 Å². The van der Waals surface area contributed by atoms with Crippen LogP contribution >= 0.6 is 0 Å². The number of likely N-dealkylation sites (N-methyl/N-ethyl adjacent to an activating group) is 1. The van der Waals surface area contributed by atoms with E-state index < -0.39 is 30.1 Å². The number of hydrogen-bond acceptors (Lipinski definition) is 6. The molecule has 0 aliphatic heterocycles. The van der Waals surface area contributed by atoms with Crippen molar-refractivity contribution < 1.29 is 29.3 Å². The third kappa shape index (κ3) is 8.71. The van der Waals surface area contributed by atoms with Crippen molar-refractivity contribution in [2.24, 2.45) is 16.5 Å². The molecule has 0 bridgehead atoms. The fourth-order valence-corrected chi connectivity index (χ4v) is 4.98. The summed E-state index contributed by atoms with van der Waals surface area (Å²) < 4.78 is 13.7. The molecule has 1 aliphatic rings. The second kappa shape index (κ2) is 14.5. The van der Waals surface area contributed by atoms with Crippen molar-refractivity contribution in [3.8, 4) is 0 Å². The van der Waals surface area contributed by atoms with Crippen molar-refractivity contribution >= 4 is 23.4 Å². The van der Waals surface area contributed by atoms with Crippen molar-refractivity contribution in [3.05, 3.63) is 88.8 Å². The highest BCUT2D eigenvalue weighted by molar-refractivity contribution is 5.90. The number of aliphatic imine (C=N–C) groups is 1. The topological polar surface area (TPSA) is 174 Å². The number of fused-ring (bicyclic) bond motifs is 1. The number of halogens is 1. The Labute approximate surface area is 238 Å². The number of nitrogens with two attached hydrogens (primary N) is 2. The number of aliphatic hydroxyl groups is 2. The third-order valence-corrected chi connectivity index (χ3v) is 6.77. The summed E-state index contributed by atoms with van der Waals surface area (Å²) in [7, 11) is 3.90. The molecule has 4 atom stereocenters. The number of nitrogens with zero attached hydrogens (tertiary/aromatic N) is 2. The Morgan fingerprint density at radius 3 is 2.44 bits per heavy atom. The average Bonchev–Trinajstić information content (AvgIpc) is 3.23. The van der Waals surface area contributed by atoms with Gasteiger partial charge in [0.2, 0.25) is 5.91 Å². The van der Waals surface area contributed by atoms with Crippen molar-refractivity contribution in [3.63, 3.8) is 0 Å². The molecule has 1 amide bonds. The summed E-state index contributed by atoms with van der Waals surface area (Å²) in [6.45, 7) is 0.224. The van der Waals surface area contributed by atoms with E-state index in [1.54, 1.807) is 24.3 Å². The molecule has 3 rings (SSSR count). The molecule has 0 saturated heterocycles. The standard InChI is InChI=1S/C30H38FN5O5/c1-36(2)28-23-7-4-3-6-22(23)27(18-9-11-19(31)12-10-18)24(28)14-13-20(37)16-21(38)17-26(39)35-25(29(40)41)8-5-15-34-30(32)33/h3-4,6-7,9-14,20-21,25,28,37-38H,5,8,15-17H2,1-2H3,(H,35,39)(H,40,41)(H4,32,33,34)/t20-,21-,25?,28?/m0/s1. The number of hydrogen-bond donors (Lipinski definition) is 6. The van der Waals surface area contributed by atoms with Gasteiger partial charge in [-0.2, -0.15) is 0 Å². The van der Waals surface area contributed by atoms with Crippen LogP contribution in [0, 0.1) is 5.82 Å². The van der Waals surface area contributed by atoms with Gasteiger partial charge >= 0.3 is 5.97 Å². The van der Waals surface area contributed by atoms with Crippen LogP contribution in [-0.2, 0) is 9.59 Å². The fourth-order valence-electron chi connectivity index (χ4n) is 4.98. The normalized spacial score (nSPS) is 16.9. The second-order valence-corrected chi connectivity index (χ2v) is 10.2. The highest BCUT2D eigenvalue weighted by Crippen LogP contribution is 2.46. The molecule has 220 valence electrons. The van der Waals surface area contributed by atoms with E-state index in [4.69, 9.17) is 11.5 Å². The van der Waals surface area contributed by atoms with Gasteiger partial charge in [-0.1, -0.05) is 48.6 Å². The first-order valence-electron chi connectivity index (χ1n) is 13.4. The molecular weight excluding hydrogens is 529 g/mol. The molecule has 8 N–H and O–H groups in total. The first-order valence-corrected chi connectivity index (χ1v) is 13.4. The Bertz CT molecular complexity index is 1300. The number of guanidine groups is 1. The zero-order valence-electron chi connectivity index (χ0n) is 23.2. The lowest BCUT2D eigenvalue weighted by atomic mass is 9.96. The maximum atomic E-state index is 13.7. The van der Waals surface area contributed by atoms with Crippen LogP contribution in [0.1, 0.15) is 48.4 Å². The lowest BCUT2D eigenvalue weighted by Crippen LogP contribution is -2.42. The maximum absolute atomic E-state index is 13.7. The number of benzene rings is 2. The number of carboxylic acid groups (broad SMARTS) is 1. The summed E-state index contributed by atoms with van der Waals surface area (Å²) in [5, 5.41) is 32.9. The molecule has 2 aromatic rings. The largest absolute Gasteiger partial charge is 0.480 e. The minimum atomic E-state index is -1.21. The second-order valence-electron chi connectivity index (χ2n) is 10.2. The highest BCUT2D eigenvalue weighted by Gasteiger charge is 2.32. The van der Waals surface area contributed by atoms with Crippen LogP contribution in [0.2, 0.25) is 0 Å². The average molecular weight is 568 g/mol. The van der Waals surface area contributed by atoms with Gasteiger partial charge in [0.25, 0.3) is 0 Å². The van der Waals surface area contributed by atoms with Gasteiger partial charge in [0.15, 0.2) is 5.96 Å². The molecule has 0 fully saturated rings. The highest BCUT2D eigenvalue weighted by atomic mass is 19.1. The summed E-state index contributed by atoms with van der Waals surface area (Å²) in [6, 6.07) is 12.9. The molecule has 2 aromatic carbocycles. The monoisotopic (exact) mass is 567 g/mol.